The van der Waals surface area contributed by atoms with Gasteiger partial charge in [0.1, 0.15) is 0 Å². The van der Waals surface area contributed by atoms with E-state index in [0.717, 1.165) is 12.2 Å². The van der Waals surface area contributed by atoms with Gasteiger partial charge < -0.3 is 16.0 Å². The summed E-state index contributed by atoms with van der Waals surface area (Å²) in [4.78, 5) is 18.3. The van der Waals surface area contributed by atoms with Crippen molar-refractivity contribution in [1.29, 1.82) is 0 Å². The van der Waals surface area contributed by atoms with Crippen LogP contribution in [0.1, 0.15) is 20.8 Å². The zero-order valence-corrected chi connectivity index (χ0v) is 10.9. The van der Waals surface area contributed by atoms with Gasteiger partial charge in [0.05, 0.1) is 28.6 Å². The molecule has 0 aliphatic carbocycles. The number of aromatic amines is 1. The van der Waals surface area contributed by atoms with Gasteiger partial charge in [-0.2, -0.15) is 0 Å². The SMILES string of the molecule is CC(C)(C)CNc1cc2nc[nH]c(=O)c2cc1N. The van der Waals surface area contributed by atoms with Gasteiger partial charge in [-0.1, -0.05) is 20.8 Å². The average Bonchev–Trinajstić information content (AvgIpc) is 2.27. The van der Waals surface area contributed by atoms with Crippen molar-refractivity contribution in [3.63, 3.8) is 0 Å². The fourth-order valence-corrected chi connectivity index (χ4v) is 1.65. The minimum atomic E-state index is -0.172. The highest BCUT2D eigenvalue weighted by atomic mass is 16.1. The Bertz CT molecular complexity index is 625. The second-order valence-electron chi connectivity index (χ2n) is 5.60. The number of H-pyrrole nitrogens is 1. The van der Waals surface area contributed by atoms with Gasteiger partial charge in [-0.15, -0.1) is 0 Å². The quantitative estimate of drug-likeness (QED) is 0.707. The molecule has 4 N–H and O–H groups in total. The summed E-state index contributed by atoms with van der Waals surface area (Å²) in [5, 5.41) is 3.80. The molecule has 2 aromatic rings. The fourth-order valence-electron chi connectivity index (χ4n) is 1.65. The highest BCUT2D eigenvalue weighted by Gasteiger charge is 2.11. The maximum absolute atomic E-state index is 11.6. The number of benzene rings is 1. The summed E-state index contributed by atoms with van der Waals surface area (Å²) in [5.74, 6) is 0. The van der Waals surface area contributed by atoms with E-state index in [2.05, 4.69) is 36.1 Å². The molecule has 1 aromatic carbocycles. The van der Waals surface area contributed by atoms with Gasteiger partial charge in [-0.3, -0.25) is 4.79 Å². The van der Waals surface area contributed by atoms with Crippen LogP contribution in [0.2, 0.25) is 0 Å². The Hall–Kier alpha value is -2.04. The predicted molar refractivity (Wildman–Crippen MR) is 74.7 cm³/mol. The molecule has 0 atom stereocenters. The summed E-state index contributed by atoms with van der Waals surface area (Å²) < 4.78 is 0. The lowest BCUT2D eigenvalue weighted by molar-refractivity contribution is 0.443. The van der Waals surface area contributed by atoms with Crippen LogP contribution in [0.25, 0.3) is 10.9 Å². The van der Waals surface area contributed by atoms with Gasteiger partial charge in [-0.25, -0.2) is 4.98 Å². The van der Waals surface area contributed by atoms with Crippen LogP contribution in [0.3, 0.4) is 0 Å². The molecule has 0 unspecified atom stereocenters. The van der Waals surface area contributed by atoms with E-state index in [1.165, 1.54) is 6.33 Å². The molecular formula is C13H18N4O. The first-order valence-corrected chi connectivity index (χ1v) is 5.88. The van der Waals surface area contributed by atoms with Crippen LogP contribution in [-0.4, -0.2) is 16.5 Å². The minimum Gasteiger partial charge on any atom is -0.397 e. The number of nitrogen functional groups attached to an aromatic ring is 1. The standard InChI is InChI=1S/C13H18N4O/c1-13(2,3)6-15-11-5-10-8(4-9(11)14)12(18)17-7-16-10/h4-5,7,15H,6,14H2,1-3H3,(H,16,17,18). The van der Waals surface area contributed by atoms with Gasteiger partial charge in [0.2, 0.25) is 0 Å². The monoisotopic (exact) mass is 246 g/mol. The van der Waals surface area contributed by atoms with Crippen molar-refractivity contribution in [2.75, 3.05) is 17.6 Å². The van der Waals surface area contributed by atoms with Crippen LogP contribution in [0.15, 0.2) is 23.3 Å². The lowest BCUT2D eigenvalue weighted by Crippen LogP contribution is -2.19. The first kappa shape index (κ1) is 12.4. The number of nitrogens with two attached hydrogens (primary N) is 1. The first-order chi connectivity index (χ1) is 8.37. The van der Waals surface area contributed by atoms with Crippen molar-refractivity contribution < 1.29 is 0 Å². The Labute approximate surface area is 105 Å². The molecule has 0 radical (unpaired) electrons. The number of fused-ring (bicyclic) bond motifs is 1. The lowest BCUT2D eigenvalue weighted by Gasteiger charge is -2.20. The number of aromatic nitrogens is 2. The Morgan fingerprint density at radius 1 is 1.39 bits per heavy atom. The molecule has 0 spiro atoms. The molecule has 1 aromatic heterocycles. The van der Waals surface area contributed by atoms with Gasteiger partial charge in [0, 0.05) is 6.54 Å². The van der Waals surface area contributed by atoms with E-state index in [1.807, 2.05) is 6.07 Å². The van der Waals surface area contributed by atoms with E-state index in [9.17, 15) is 4.79 Å². The fraction of sp³-hybridized carbons (Fsp3) is 0.385. The second kappa shape index (κ2) is 4.33. The maximum atomic E-state index is 11.6. The third-order valence-electron chi connectivity index (χ3n) is 2.62. The molecular weight excluding hydrogens is 228 g/mol. The predicted octanol–water partition coefficient (Wildman–Crippen LogP) is 1.96. The molecule has 0 fully saturated rings. The normalized spacial score (nSPS) is 11.7. The molecule has 1 heterocycles. The third-order valence-corrected chi connectivity index (χ3v) is 2.62. The summed E-state index contributed by atoms with van der Waals surface area (Å²) in [6, 6.07) is 3.47. The molecule has 18 heavy (non-hydrogen) atoms. The van der Waals surface area contributed by atoms with Crippen LogP contribution in [0.4, 0.5) is 11.4 Å². The minimum absolute atomic E-state index is 0.156. The molecule has 0 aliphatic heterocycles. The van der Waals surface area contributed by atoms with Crippen molar-refractivity contribution in [1.82, 2.24) is 9.97 Å². The summed E-state index contributed by atoms with van der Waals surface area (Å²) in [6.45, 7) is 7.21. The van der Waals surface area contributed by atoms with Crippen molar-refractivity contribution in [3.8, 4) is 0 Å². The van der Waals surface area contributed by atoms with Crippen molar-refractivity contribution in [2.45, 2.75) is 20.8 Å². The number of nitrogens with zero attached hydrogens (tertiary/aromatic N) is 1. The number of anilines is 2. The molecule has 0 aliphatic rings. The highest BCUT2D eigenvalue weighted by Crippen LogP contribution is 2.24. The smallest absolute Gasteiger partial charge is 0.258 e. The van der Waals surface area contributed by atoms with Crippen LogP contribution in [0.5, 0.6) is 0 Å². The first-order valence-electron chi connectivity index (χ1n) is 5.88. The van der Waals surface area contributed by atoms with Crippen molar-refractivity contribution in [2.24, 2.45) is 5.41 Å². The van der Waals surface area contributed by atoms with Crippen molar-refractivity contribution >= 4 is 22.3 Å². The zero-order valence-electron chi connectivity index (χ0n) is 10.9. The van der Waals surface area contributed by atoms with E-state index >= 15 is 0 Å². The maximum Gasteiger partial charge on any atom is 0.258 e. The summed E-state index contributed by atoms with van der Waals surface area (Å²) >= 11 is 0. The van der Waals surface area contributed by atoms with E-state index in [0.29, 0.717) is 16.6 Å². The summed E-state index contributed by atoms with van der Waals surface area (Å²) in [5.41, 5.74) is 7.94. The second-order valence-corrected chi connectivity index (χ2v) is 5.60. The van der Waals surface area contributed by atoms with Crippen molar-refractivity contribution in [3.05, 3.63) is 28.8 Å². The van der Waals surface area contributed by atoms with Crippen LogP contribution >= 0.6 is 0 Å². The number of rotatable bonds is 2. The van der Waals surface area contributed by atoms with Gasteiger partial charge in [-0.05, 0) is 17.5 Å². The largest absolute Gasteiger partial charge is 0.397 e. The van der Waals surface area contributed by atoms with E-state index in [-0.39, 0.29) is 11.0 Å². The lowest BCUT2D eigenvalue weighted by atomic mass is 9.97. The Morgan fingerprint density at radius 3 is 2.78 bits per heavy atom. The molecule has 0 bridgehead atoms. The summed E-state index contributed by atoms with van der Waals surface area (Å²) in [7, 11) is 0. The molecule has 96 valence electrons. The van der Waals surface area contributed by atoms with Crippen LogP contribution < -0.4 is 16.6 Å². The van der Waals surface area contributed by atoms with E-state index < -0.39 is 0 Å². The zero-order chi connectivity index (χ0) is 13.3. The van der Waals surface area contributed by atoms with Gasteiger partial charge >= 0.3 is 0 Å². The van der Waals surface area contributed by atoms with Gasteiger partial charge in [0.15, 0.2) is 0 Å². The van der Waals surface area contributed by atoms with Crippen LogP contribution in [0, 0.1) is 5.41 Å². The summed E-state index contributed by atoms with van der Waals surface area (Å²) in [6.07, 6.45) is 1.40. The number of hydrogen-bond donors (Lipinski definition) is 3. The molecule has 0 amide bonds. The number of hydrogen-bond acceptors (Lipinski definition) is 4. The molecule has 5 heteroatoms. The molecule has 0 saturated carbocycles. The molecule has 0 saturated heterocycles. The Balaban J connectivity index is 2.41. The highest BCUT2D eigenvalue weighted by molar-refractivity contribution is 5.88. The third kappa shape index (κ3) is 2.61. The molecule has 5 nitrogen and oxygen atoms in total. The molecule has 2 rings (SSSR count). The Morgan fingerprint density at radius 2 is 2.11 bits per heavy atom. The Kier molecular flexibility index (Phi) is 2.98. The van der Waals surface area contributed by atoms with Crippen LogP contribution in [-0.2, 0) is 0 Å². The number of nitrogens with one attached hydrogen (secondary N) is 2. The topological polar surface area (TPSA) is 83.8 Å². The van der Waals surface area contributed by atoms with E-state index in [1.54, 1.807) is 6.07 Å². The van der Waals surface area contributed by atoms with Gasteiger partial charge in [0.25, 0.3) is 5.56 Å². The average molecular weight is 246 g/mol. The van der Waals surface area contributed by atoms with E-state index in [4.69, 9.17) is 5.73 Å².